The normalized spacial score (nSPS) is 9.18. The van der Waals surface area contributed by atoms with Gasteiger partial charge in [-0.3, -0.25) is 4.98 Å². The Bertz CT molecular complexity index is 292. The zero-order valence-corrected chi connectivity index (χ0v) is 7.01. The van der Waals surface area contributed by atoms with Crippen molar-refractivity contribution in [3.63, 3.8) is 0 Å². The highest BCUT2D eigenvalue weighted by atomic mass is 32.1. The molecule has 0 amide bonds. The first-order chi connectivity index (χ1) is 5.27. The summed E-state index contributed by atoms with van der Waals surface area (Å²) >= 11 is 4.15. The van der Waals surface area contributed by atoms with Gasteiger partial charge in [0, 0.05) is 16.7 Å². The monoisotopic (exact) mass is 163 g/mol. The fourth-order valence-electron chi connectivity index (χ4n) is 0.815. The van der Waals surface area contributed by atoms with E-state index >= 15 is 0 Å². The maximum absolute atomic E-state index is 4.15. The molecule has 0 aromatic carbocycles. The summed E-state index contributed by atoms with van der Waals surface area (Å²) in [4.78, 5) is 4.94. The van der Waals surface area contributed by atoms with Gasteiger partial charge in [-0.25, -0.2) is 0 Å². The lowest BCUT2D eigenvalue weighted by molar-refractivity contribution is 1.21. The lowest BCUT2D eigenvalue weighted by Gasteiger charge is -1.99. The largest absolute Gasteiger partial charge is 0.255 e. The van der Waals surface area contributed by atoms with Gasteiger partial charge in [-0.1, -0.05) is 19.2 Å². The molecule has 0 unspecified atom stereocenters. The second-order valence-corrected chi connectivity index (χ2v) is 2.59. The molecule has 56 valence electrons. The van der Waals surface area contributed by atoms with E-state index < -0.39 is 0 Å². The van der Waals surface area contributed by atoms with Gasteiger partial charge < -0.3 is 0 Å². The third-order valence-electron chi connectivity index (χ3n) is 1.35. The maximum Gasteiger partial charge on any atom is 0.0696 e. The van der Waals surface area contributed by atoms with Gasteiger partial charge in [0.05, 0.1) is 5.69 Å². The average molecular weight is 163 g/mol. The first kappa shape index (κ1) is 8.08. The molecule has 0 radical (unpaired) electrons. The smallest absolute Gasteiger partial charge is 0.0696 e. The predicted molar refractivity (Wildman–Crippen MR) is 51.7 cm³/mol. The van der Waals surface area contributed by atoms with Crippen LogP contribution in [0.15, 0.2) is 30.3 Å². The van der Waals surface area contributed by atoms with Crippen molar-refractivity contribution in [2.75, 3.05) is 0 Å². The van der Waals surface area contributed by atoms with E-state index in [0.717, 1.165) is 16.2 Å². The Balaban J connectivity index is 3.26. The van der Waals surface area contributed by atoms with E-state index in [1.54, 1.807) is 18.3 Å². The van der Waals surface area contributed by atoms with E-state index in [9.17, 15) is 0 Å². The zero-order valence-electron chi connectivity index (χ0n) is 6.12. The summed E-state index contributed by atoms with van der Waals surface area (Å²) in [5, 5.41) is 0. The van der Waals surface area contributed by atoms with Gasteiger partial charge >= 0.3 is 0 Å². The zero-order chi connectivity index (χ0) is 8.27. The van der Waals surface area contributed by atoms with Crippen molar-refractivity contribution in [3.8, 4) is 0 Å². The molecule has 0 fully saturated rings. The second-order valence-electron chi connectivity index (χ2n) is 2.08. The minimum absolute atomic E-state index is 0.838. The summed E-state index contributed by atoms with van der Waals surface area (Å²) in [6.45, 7) is 7.29. The summed E-state index contributed by atoms with van der Waals surface area (Å²) in [5.74, 6) is 0. The van der Waals surface area contributed by atoms with Crippen LogP contribution < -0.4 is 0 Å². The van der Waals surface area contributed by atoms with Crippen LogP contribution in [-0.4, -0.2) is 4.98 Å². The minimum atomic E-state index is 0.838. The van der Waals surface area contributed by atoms with Crippen molar-refractivity contribution < 1.29 is 0 Å². The number of rotatable bonds is 2. The molecule has 1 aromatic heterocycles. The molecule has 0 aliphatic carbocycles. The molecular formula is C9H9NS. The molecule has 1 nitrogen and oxygen atoms in total. The molecule has 0 spiro atoms. The molecule has 0 atom stereocenters. The van der Waals surface area contributed by atoms with E-state index in [1.165, 1.54) is 0 Å². The lowest BCUT2D eigenvalue weighted by Crippen LogP contribution is -1.85. The Labute approximate surface area is 71.9 Å². The number of hydrogen-bond acceptors (Lipinski definition) is 2. The molecule has 0 aliphatic heterocycles. The van der Waals surface area contributed by atoms with Crippen LogP contribution in [0, 0.1) is 0 Å². The van der Waals surface area contributed by atoms with E-state index in [-0.39, 0.29) is 0 Å². The highest BCUT2D eigenvalue weighted by Crippen LogP contribution is 2.13. The third kappa shape index (κ3) is 1.71. The second kappa shape index (κ2) is 3.39. The molecule has 0 aliphatic rings. The van der Waals surface area contributed by atoms with Gasteiger partial charge in [-0.2, -0.15) is 0 Å². The number of aromatic nitrogens is 1. The van der Waals surface area contributed by atoms with Crippen LogP contribution in [0.1, 0.15) is 11.3 Å². The SMILES string of the molecule is C=Cc1cc(S)cnc1C=C. The summed E-state index contributed by atoms with van der Waals surface area (Å²) in [7, 11) is 0. The molecule has 0 saturated heterocycles. The van der Waals surface area contributed by atoms with Crippen molar-refractivity contribution >= 4 is 24.8 Å². The highest BCUT2D eigenvalue weighted by Gasteiger charge is 1.95. The van der Waals surface area contributed by atoms with Crippen LogP contribution >= 0.6 is 12.6 Å². The first-order valence-corrected chi connectivity index (χ1v) is 3.66. The number of hydrogen-bond donors (Lipinski definition) is 1. The van der Waals surface area contributed by atoms with Crippen LogP contribution in [-0.2, 0) is 0 Å². The molecule has 1 heterocycles. The van der Waals surface area contributed by atoms with E-state index in [0.29, 0.717) is 0 Å². The molecule has 11 heavy (non-hydrogen) atoms. The molecule has 1 rings (SSSR count). The topological polar surface area (TPSA) is 12.9 Å². The fraction of sp³-hybridized carbons (Fsp3) is 0. The summed E-state index contributed by atoms with van der Waals surface area (Å²) in [5.41, 5.74) is 1.81. The summed E-state index contributed by atoms with van der Waals surface area (Å²) in [6.07, 6.45) is 5.13. The Morgan fingerprint density at radius 3 is 2.64 bits per heavy atom. The van der Waals surface area contributed by atoms with Gasteiger partial charge in [-0.05, 0) is 12.1 Å². The van der Waals surface area contributed by atoms with Crippen molar-refractivity contribution in [2.24, 2.45) is 0 Å². The summed E-state index contributed by atoms with van der Waals surface area (Å²) < 4.78 is 0. The van der Waals surface area contributed by atoms with Crippen molar-refractivity contribution in [1.82, 2.24) is 4.98 Å². The van der Waals surface area contributed by atoms with Gasteiger partial charge in [-0.15, -0.1) is 12.6 Å². The van der Waals surface area contributed by atoms with Crippen molar-refractivity contribution in [2.45, 2.75) is 4.90 Å². The molecule has 2 heteroatoms. The number of pyridine rings is 1. The van der Waals surface area contributed by atoms with Crippen LogP contribution in [0.5, 0.6) is 0 Å². The van der Waals surface area contributed by atoms with Gasteiger partial charge in [0.1, 0.15) is 0 Å². The summed E-state index contributed by atoms with van der Waals surface area (Å²) in [6, 6.07) is 1.90. The van der Waals surface area contributed by atoms with E-state index in [1.807, 2.05) is 6.07 Å². The third-order valence-corrected chi connectivity index (χ3v) is 1.59. The predicted octanol–water partition coefficient (Wildman–Crippen LogP) is 2.66. The standard InChI is InChI=1S/C9H9NS/c1-3-7-5-8(11)6-10-9(7)4-2/h3-6,11H,1-2H2. The van der Waals surface area contributed by atoms with Gasteiger partial charge in [0.2, 0.25) is 0 Å². The Hall–Kier alpha value is -1.02. The molecular weight excluding hydrogens is 154 g/mol. The van der Waals surface area contributed by atoms with E-state index in [2.05, 4.69) is 30.8 Å². The van der Waals surface area contributed by atoms with E-state index in [4.69, 9.17) is 0 Å². The lowest BCUT2D eigenvalue weighted by atomic mass is 10.2. The van der Waals surface area contributed by atoms with Crippen molar-refractivity contribution in [1.29, 1.82) is 0 Å². The van der Waals surface area contributed by atoms with Crippen LogP contribution in [0.3, 0.4) is 0 Å². The number of nitrogens with zero attached hydrogens (tertiary/aromatic N) is 1. The van der Waals surface area contributed by atoms with Gasteiger partial charge in [0.25, 0.3) is 0 Å². The first-order valence-electron chi connectivity index (χ1n) is 3.22. The maximum atomic E-state index is 4.15. The Kier molecular flexibility index (Phi) is 2.49. The number of thiol groups is 1. The van der Waals surface area contributed by atoms with Gasteiger partial charge in [0.15, 0.2) is 0 Å². The molecule has 0 saturated carbocycles. The average Bonchev–Trinajstić information content (AvgIpc) is 2.04. The minimum Gasteiger partial charge on any atom is -0.255 e. The molecule has 1 aromatic rings. The Morgan fingerprint density at radius 1 is 1.36 bits per heavy atom. The fourth-order valence-corrected chi connectivity index (χ4v) is 1.01. The van der Waals surface area contributed by atoms with Crippen LogP contribution in [0.2, 0.25) is 0 Å². The van der Waals surface area contributed by atoms with Crippen LogP contribution in [0.25, 0.3) is 12.2 Å². The quantitative estimate of drug-likeness (QED) is 0.661. The Morgan fingerprint density at radius 2 is 2.09 bits per heavy atom. The molecule has 0 N–H and O–H groups in total. The van der Waals surface area contributed by atoms with Crippen LogP contribution in [0.4, 0.5) is 0 Å². The molecule has 0 bridgehead atoms. The van der Waals surface area contributed by atoms with Crippen molar-refractivity contribution in [3.05, 3.63) is 36.7 Å². The highest BCUT2D eigenvalue weighted by molar-refractivity contribution is 7.80.